The summed E-state index contributed by atoms with van der Waals surface area (Å²) in [5.41, 5.74) is 1.41. The van der Waals surface area contributed by atoms with Gasteiger partial charge in [0.1, 0.15) is 12.6 Å². The van der Waals surface area contributed by atoms with Crippen molar-refractivity contribution < 1.29 is 24.2 Å². The van der Waals surface area contributed by atoms with Gasteiger partial charge in [0, 0.05) is 18.7 Å². The van der Waals surface area contributed by atoms with Gasteiger partial charge in [-0.25, -0.2) is 4.79 Å². The highest BCUT2D eigenvalue weighted by Crippen LogP contribution is 2.16. The molecule has 1 heterocycles. The fourth-order valence-electron chi connectivity index (χ4n) is 3.94. The minimum absolute atomic E-state index is 0.106. The maximum Gasteiger partial charge on any atom is 0.408 e. The number of likely N-dealkylation sites (tertiary alicyclic amines) is 1. The Morgan fingerprint density at radius 1 is 1.06 bits per heavy atom. The van der Waals surface area contributed by atoms with Crippen LogP contribution in [0.2, 0.25) is 0 Å². The van der Waals surface area contributed by atoms with Crippen molar-refractivity contribution in [1.29, 1.82) is 0 Å². The van der Waals surface area contributed by atoms with E-state index in [0.29, 0.717) is 24.9 Å². The molecule has 3 rings (SSSR count). The number of nitrogens with one attached hydrogen (secondary N) is 2. The second kappa shape index (κ2) is 12.2. The van der Waals surface area contributed by atoms with Gasteiger partial charge < -0.3 is 25.4 Å². The predicted octanol–water partition coefficient (Wildman–Crippen LogP) is 2.72. The molecule has 2 aromatic carbocycles. The van der Waals surface area contributed by atoms with Crippen molar-refractivity contribution in [3.8, 4) is 0 Å². The number of β-amino-alcohol motifs (C(OH)–C–C–N with tert-alkyl or cyclic N) is 1. The Bertz CT molecular complexity index is 951. The van der Waals surface area contributed by atoms with E-state index >= 15 is 0 Å². The van der Waals surface area contributed by atoms with E-state index in [9.17, 15) is 19.5 Å². The maximum absolute atomic E-state index is 13.0. The standard InChI is InChI=1S/C26H33N3O5/c1-18(2)15-22(28-26(33)34-17-19-9-5-3-6-10-19)24(31)27-21-13-14-29(16-23(21)30)25(32)20-11-7-4-8-12-20/h3-12,18,21-23,30H,13-17H2,1-2H3,(H,27,31)(H,28,33)/t21?,22-,23?/m0/s1. The normalized spacial score (nSPS) is 18.8. The number of benzene rings is 2. The van der Waals surface area contributed by atoms with Gasteiger partial charge in [-0.05, 0) is 36.5 Å². The molecule has 0 aromatic heterocycles. The van der Waals surface area contributed by atoms with E-state index in [2.05, 4.69) is 10.6 Å². The van der Waals surface area contributed by atoms with Crippen molar-refractivity contribution in [3.05, 3.63) is 71.8 Å². The van der Waals surface area contributed by atoms with Gasteiger partial charge in [-0.3, -0.25) is 9.59 Å². The van der Waals surface area contributed by atoms with Crippen LogP contribution >= 0.6 is 0 Å². The average Bonchev–Trinajstić information content (AvgIpc) is 2.84. The van der Waals surface area contributed by atoms with Crippen LogP contribution in [0.5, 0.6) is 0 Å². The van der Waals surface area contributed by atoms with Crippen molar-refractivity contribution in [2.24, 2.45) is 5.92 Å². The smallest absolute Gasteiger partial charge is 0.408 e. The number of carbonyl (C=O) groups is 3. The molecule has 8 heteroatoms. The molecule has 0 spiro atoms. The minimum atomic E-state index is -0.907. The van der Waals surface area contributed by atoms with Gasteiger partial charge in [-0.15, -0.1) is 0 Å². The molecule has 182 valence electrons. The van der Waals surface area contributed by atoms with E-state index in [-0.39, 0.29) is 30.9 Å². The highest BCUT2D eigenvalue weighted by atomic mass is 16.5. The number of amides is 3. The number of nitrogens with zero attached hydrogens (tertiary/aromatic N) is 1. The van der Waals surface area contributed by atoms with E-state index in [4.69, 9.17) is 4.74 Å². The number of hydrogen-bond donors (Lipinski definition) is 3. The molecule has 2 aromatic rings. The van der Waals surface area contributed by atoms with Crippen LogP contribution in [0.3, 0.4) is 0 Å². The molecular weight excluding hydrogens is 434 g/mol. The summed E-state index contributed by atoms with van der Waals surface area (Å²) in [6.07, 6.45) is -0.741. The molecule has 3 amide bonds. The van der Waals surface area contributed by atoms with Crippen LogP contribution in [-0.4, -0.2) is 59.2 Å². The summed E-state index contributed by atoms with van der Waals surface area (Å²) in [4.78, 5) is 39.5. The lowest BCUT2D eigenvalue weighted by atomic mass is 9.98. The summed E-state index contributed by atoms with van der Waals surface area (Å²) in [5, 5.41) is 16.1. The number of rotatable bonds is 8. The molecule has 1 aliphatic heterocycles. The second-order valence-corrected chi connectivity index (χ2v) is 8.98. The third-order valence-electron chi connectivity index (χ3n) is 5.75. The lowest BCUT2D eigenvalue weighted by Crippen LogP contribution is -2.58. The Morgan fingerprint density at radius 3 is 2.32 bits per heavy atom. The van der Waals surface area contributed by atoms with Crippen LogP contribution in [0.1, 0.15) is 42.6 Å². The first-order chi connectivity index (χ1) is 16.3. The van der Waals surface area contributed by atoms with E-state index in [1.807, 2.05) is 50.2 Å². The lowest BCUT2D eigenvalue weighted by Gasteiger charge is -2.37. The molecule has 1 aliphatic rings. The number of aliphatic hydroxyl groups excluding tert-OH is 1. The van der Waals surface area contributed by atoms with Crippen molar-refractivity contribution in [2.75, 3.05) is 13.1 Å². The molecule has 0 saturated carbocycles. The molecule has 0 bridgehead atoms. The van der Waals surface area contributed by atoms with Crippen LogP contribution in [0.25, 0.3) is 0 Å². The molecule has 1 saturated heterocycles. The number of ether oxygens (including phenoxy) is 1. The van der Waals surface area contributed by atoms with Crippen molar-refractivity contribution in [3.63, 3.8) is 0 Å². The summed E-state index contributed by atoms with van der Waals surface area (Å²) in [5.74, 6) is -0.373. The van der Waals surface area contributed by atoms with E-state index in [1.165, 1.54) is 0 Å². The minimum Gasteiger partial charge on any atom is -0.445 e. The van der Waals surface area contributed by atoms with E-state index in [1.54, 1.807) is 29.2 Å². The number of aliphatic hydroxyl groups is 1. The summed E-state index contributed by atoms with van der Waals surface area (Å²) in [6, 6.07) is 16.9. The van der Waals surface area contributed by atoms with Gasteiger partial charge in [0.05, 0.1) is 12.1 Å². The van der Waals surface area contributed by atoms with Crippen molar-refractivity contribution in [2.45, 2.75) is 51.5 Å². The number of alkyl carbamates (subject to hydrolysis) is 1. The van der Waals surface area contributed by atoms with Crippen LogP contribution in [0.4, 0.5) is 4.79 Å². The molecule has 0 radical (unpaired) electrons. The second-order valence-electron chi connectivity index (χ2n) is 8.98. The third kappa shape index (κ3) is 7.31. The van der Waals surface area contributed by atoms with Gasteiger partial charge in [0.25, 0.3) is 5.91 Å². The van der Waals surface area contributed by atoms with Gasteiger partial charge >= 0.3 is 6.09 Å². The summed E-state index contributed by atoms with van der Waals surface area (Å²) < 4.78 is 5.26. The quantitative estimate of drug-likeness (QED) is 0.553. The van der Waals surface area contributed by atoms with Gasteiger partial charge in [0.2, 0.25) is 5.91 Å². The number of carbonyl (C=O) groups excluding carboxylic acids is 3. The first-order valence-electron chi connectivity index (χ1n) is 11.6. The maximum atomic E-state index is 13.0. The summed E-state index contributed by atoms with van der Waals surface area (Å²) >= 11 is 0. The Kier molecular flexibility index (Phi) is 9.04. The molecule has 0 aliphatic carbocycles. The van der Waals surface area contributed by atoms with Gasteiger partial charge in [-0.2, -0.15) is 0 Å². The monoisotopic (exact) mass is 467 g/mol. The molecule has 3 N–H and O–H groups in total. The molecular formula is C26H33N3O5. The van der Waals surface area contributed by atoms with E-state index < -0.39 is 24.3 Å². The molecule has 34 heavy (non-hydrogen) atoms. The molecule has 2 unspecified atom stereocenters. The van der Waals surface area contributed by atoms with Crippen LogP contribution in [-0.2, 0) is 16.1 Å². The average molecular weight is 468 g/mol. The lowest BCUT2D eigenvalue weighted by molar-refractivity contribution is -0.125. The van der Waals surface area contributed by atoms with Crippen LogP contribution in [0, 0.1) is 5.92 Å². The Morgan fingerprint density at radius 2 is 1.71 bits per heavy atom. The molecule has 1 fully saturated rings. The fourth-order valence-corrected chi connectivity index (χ4v) is 3.94. The number of piperidine rings is 1. The van der Waals surface area contributed by atoms with Crippen LogP contribution in [0.15, 0.2) is 60.7 Å². The van der Waals surface area contributed by atoms with Crippen LogP contribution < -0.4 is 10.6 Å². The third-order valence-corrected chi connectivity index (χ3v) is 5.75. The van der Waals surface area contributed by atoms with Crippen molar-refractivity contribution in [1.82, 2.24) is 15.5 Å². The van der Waals surface area contributed by atoms with Gasteiger partial charge in [0.15, 0.2) is 0 Å². The Labute approximate surface area is 200 Å². The largest absolute Gasteiger partial charge is 0.445 e. The Balaban J connectivity index is 1.53. The molecule has 8 nitrogen and oxygen atoms in total. The fraction of sp³-hybridized carbons (Fsp3) is 0.423. The zero-order valence-electron chi connectivity index (χ0n) is 19.6. The number of hydrogen-bond acceptors (Lipinski definition) is 5. The van der Waals surface area contributed by atoms with E-state index in [0.717, 1.165) is 5.56 Å². The predicted molar refractivity (Wildman–Crippen MR) is 128 cm³/mol. The van der Waals surface area contributed by atoms with Crippen molar-refractivity contribution >= 4 is 17.9 Å². The first kappa shape index (κ1) is 25.2. The zero-order valence-corrected chi connectivity index (χ0v) is 19.6. The zero-order chi connectivity index (χ0) is 24.5. The highest BCUT2D eigenvalue weighted by Gasteiger charge is 2.33. The summed E-state index contributed by atoms with van der Waals surface area (Å²) in [6.45, 7) is 4.56. The summed E-state index contributed by atoms with van der Waals surface area (Å²) in [7, 11) is 0. The molecule has 3 atom stereocenters. The SMILES string of the molecule is CC(C)C[C@H](NC(=O)OCc1ccccc1)C(=O)NC1CCN(C(=O)c2ccccc2)CC1O. The first-order valence-corrected chi connectivity index (χ1v) is 11.6. The Hall–Kier alpha value is -3.39. The highest BCUT2D eigenvalue weighted by molar-refractivity contribution is 5.94. The van der Waals surface area contributed by atoms with Gasteiger partial charge in [-0.1, -0.05) is 62.4 Å². The topological polar surface area (TPSA) is 108 Å².